The second kappa shape index (κ2) is 3.16. The van der Waals surface area contributed by atoms with Crippen molar-refractivity contribution in [3.63, 3.8) is 0 Å². The normalized spacial score (nSPS) is 11.0. The van der Waals surface area contributed by atoms with Crippen LogP contribution in [0.25, 0.3) is 5.65 Å². The van der Waals surface area contributed by atoms with Crippen LogP contribution >= 0.6 is 23.4 Å². The summed E-state index contributed by atoms with van der Waals surface area (Å²) in [5.41, 5.74) is 0.759. The van der Waals surface area contributed by atoms with Crippen molar-refractivity contribution in [2.45, 2.75) is 11.8 Å². The Kier molecular flexibility index (Phi) is 2.13. The Hall–Kier alpha value is -0.810. The van der Waals surface area contributed by atoms with E-state index in [0.717, 1.165) is 16.4 Å². The summed E-state index contributed by atoms with van der Waals surface area (Å²) in [4.78, 5) is 0.987. The lowest BCUT2D eigenvalue weighted by Crippen LogP contribution is -1.95. The summed E-state index contributed by atoms with van der Waals surface area (Å²) in [7, 11) is 0. The van der Waals surface area contributed by atoms with Crippen LogP contribution in [0.15, 0.2) is 11.0 Å². The summed E-state index contributed by atoms with van der Waals surface area (Å²) in [6, 6.07) is 1.79. The van der Waals surface area contributed by atoms with E-state index in [1.54, 1.807) is 22.3 Å². The third-order valence-corrected chi connectivity index (χ3v) is 2.61. The molecule has 2 aromatic rings. The highest BCUT2D eigenvalue weighted by Gasteiger charge is 2.08. The lowest BCUT2D eigenvalue weighted by Gasteiger charge is -1.99. The molecule has 0 saturated carbocycles. The number of aromatic nitrogens is 4. The van der Waals surface area contributed by atoms with Gasteiger partial charge in [-0.05, 0) is 19.2 Å². The zero-order valence-electron chi connectivity index (χ0n) is 7.15. The third-order valence-electron chi connectivity index (χ3n) is 1.68. The molecule has 0 spiro atoms. The molecule has 0 aliphatic heterocycles. The summed E-state index contributed by atoms with van der Waals surface area (Å²) in [6.07, 6.45) is 1.97. The highest BCUT2D eigenvalue weighted by molar-refractivity contribution is 7.98. The predicted molar refractivity (Wildman–Crippen MR) is 52.3 cm³/mol. The summed E-state index contributed by atoms with van der Waals surface area (Å²) in [5.74, 6) is 0.743. The predicted octanol–water partition coefficient (Wildman–Crippen LogP) is 1.81. The van der Waals surface area contributed by atoms with Crippen molar-refractivity contribution >= 4 is 29.0 Å². The topological polar surface area (TPSA) is 43.1 Å². The van der Waals surface area contributed by atoms with E-state index < -0.39 is 0 Å². The van der Waals surface area contributed by atoms with E-state index in [1.165, 1.54) is 0 Å². The molecule has 2 heterocycles. The molecule has 68 valence electrons. The number of fused-ring (bicyclic) bond motifs is 1. The van der Waals surface area contributed by atoms with Gasteiger partial charge in [-0.1, -0.05) is 11.6 Å². The second-order valence-corrected chi connectivity index (χ2v) is 3.75. The number of halogens is 1. The number of aryl methyl sites for hydroxylation is 1. The average Bonchev–Trinajstić information content (AvgIpc) is 2.47. The molecule has 0 radical (unpaired) electrons. The Labute approximate surface area is 84.3 Å². The molecule has 0 aliphatic carbocycles. The van der Waals surface area contributed by atoms with Gasteiger partial charge in [0, 0.05) is 0 Å². The minimum atomic E-state index is 0.458. The molecule has 0 aliphatic rings. The van der Waals surface area contributed by atoms with Crippen molar-refractivity contribution in [1.29, 1.82) is 0 Å². The Morgan fingerprint density at radius 2 is 2.23 bits per heavy atom. The first-order valence-corrected chi connectivity index (χ1v) is 5.25. The number of nitrogens with zero attached hydrogens (tertiary/aromatic N) is 4. The lowest BCUT2D eigenvalue weighted by molar-refractivity contribution is 0.866. The molecule has 0 amide bonds. The maximum absolute atomic E-state index is 5.83. The van der Waals surface area contributed by atoms with Crippen LogP contribution in [-0.2, 0) is 0 Å². The second-order valence-electron chi connectivity index (χ2n) is 2.52. The summed E-state index contributed by atoms with van der Waals surface area (Å²) in [6.45, 7) is 1.84. The number of thioether (sulfide) groups is 1. The van der Waals surface area contributed by atoms with Crippen LogP contribution in [0.3, 0.4) is 0 Å². The van der Waals surface area contributed by atoms with Gasteiger partial charge in [-0.15, -0.1) is 22.0 Å². The molecule has 0 N–H and O–H groups in total. The smallest absolute Gasteiger partial charge is 0.191 e. The molecule has 0 saturated heterocycles. The number of hydrogen-bond acceptors (Lipinski definition) is 4. The Morgan fingerprint density at radius 3 is 2.92 bits per heavy atom. The molecule has 2 rings (SSSR count). The van der Waals surface area contributed by atoms with Crippen molar-refractivity contribution in [1.82, 2.24) is 19.8 Å². The molecule has 4 nitrogen and oxygen atoms in total. The molecule has 0 aromatic carbocycles. The van der Waals surface area contributed by atoms with Gasteiger partial charge in [0.2, 0.25) is 0 Å². The Balaban J connectivity index is 2.84. The van der Waals surface area contributed by atoms with Crippen molar-refractivity contribution in [3.05, 3.63) is 17.0 Å². The molecular weight excluding hydrogens is 208 g/mol. The summed E-state index contributed by atoms with van der Waals surface area (Å²) in [5, 5.41) is 12.5. The highest BCUT2D eigenvalue weighted by atomic mass is 35.5. The van der Waals surface area contributed by atoms with Gasteiger partial charge >= 0.3 is 0 Å². The van der Waals surface area contributed by atoms with Crippen LogP contribution in [0, 0.1) is 6.92 Å². The maximum atomic E-state index is 5.83. The van der Waals surface area contributed by atoms with Crippen LogP contribution in [0.4, 0.5) is 0 Å². The van der Waals surface area contributed by atoms with Gasteiger partial charge in [0.05, 0.1) is 4.90 Å². The van der Waals surface area contributed by atoms with E-state index in [2.05, 4.69) is 15.3 Å². The van der Waals surface area contributed by atoms with E-state index in [4.69, 9.17) is 11.6 Å². The quantitative estimate of drug-likeness (QED) is 0.680. The highest BCUT2D eigenvalue weighted by Crippen LogP contribution is 2.22. The fraction of sp³-hybridized carbons (Fsp3) is 0.286. The number of hydrogen-bond donors (Lipinski definition) is 0. The molecule has 0 unspecified atom stereocenters. The van der Waals surface area contributed by atoms with Crippen molar-refractivity contribution < 1.29 is 0 Å². The first kappa shape index (κ1) is 8.77. The van der Waals surface area contributed by atoms with E-state index in [9.17, 15) is 0 Å². The first-order chi connectivity index (χ1) is 6.22. The zero-order valence-corrected chi connectivity index (χ0v) is 8.72. The van der Waals surface area contributed by atoms with Gasteiger partial charge in [-0.2, -0.15) is 9.61 Å². The zero-order chi connectivity index (χ0) is 9.42. The molecule has 6 heteroatoms. The monoisotopic (exact) mass is 214 g/mol. The molecule has 0 atom stereocenters. The fourth-order valence-electron chi connectivity index (χ4n) is 1.08. The standard InChI is InChI=1S/C7H7ClN4S/c1-4-9-10-7-5(13-2)3-6(8)11-12(4)7/h3H,1-2H3. The molecule has 13 heavy (non-hydrogen) atoms. The van der Waals surface area contributed by atoms with Gasteiger partial charge in [0.1, 0.15) is 0 Å². The van der Waals surface area contributed by atoms with Gasteiger partial charge < -0.3 is 0 Å². The minimum Gasteiger partial charge on any atom is -0.195 e. The third kappa shape index (κ3) is 1.38. The average molecular weight is 215 g/mol. The van der Waals surface area contributed by atoms with Crippen molar-refractivity contribution in [2.24, 2.45) is 0 Å². The first-order valence-electron chi connectivity index (χ1n) is 3.65. The SMILES string of the molecule is CSc1cc(Cl)nn2c(C)nnc12. The van der Waals surface area contributed by atoms with E-state index in [1.807, 2.05) is 13.2 Å². The summed E-state index contributed by atoms with van der Waals surface area (Å²) >= 11 is 7.41. The number of rotatable bonds is 1. The van der Waals surface area contributed by atoms with E-state index in [-0.39, 0.29) is 0 Å². The van der Waals surface area contributed by atoms with Crippen LogP contribution in [0.2, 0.25) is 5.15 Å². The minimum absolute atomic E-state index is 0.458. The molecule has 2 aromatic heterocycles. The lowest BCUT2D eigenvalue weighted by atomic mass is 10.5. The van der Waals surface area contributed by atoms with E-state index >= 15 is 0 Å². The van der Waals surface area contributed by atoms with Crippen molar-refractivity contribution in [2.75, 3.05) is 6.26 Å². The Morgan fingerprint density at radius 1 is 1.46 bits per heavy atom. The largest absolute Gasteiger partial charge is 0.195 e. The van der Waals surface area contributed by atoms with Crippen LogP contribution in [-0.4, -0.2) is 26.1 Å². The van der Waals surface area contributed by atoms with Gasteiger partial charge in [-0.3, -0.25) is 0 Å². The van der Waals surface area contributed by atoms with Gasteiger partial charge in [-0.25, -0.2) is 0 Å². The van der Waals surface area contributed by atoms with Gasteiger partial charge in [0.25, 0.3) is 0 Å². The maximum Gasteiger partial charge on any atom is 0.191 e. The van der Waals surface area contributed by atoms with E-state index in [0.29, 0.717) is 5.15 Å². The molecular formula is C7H7ClN4S. The van der Waals surface area contributed by atoms with Crippen LogP contribution < -0.4 is 0 Å². The Bertz CT molecular complexity index is 453. The van der Waals surface area contributed by atoms with Crippen molar-refractivity contribution in [3.8, 4) is 0 Å². The molecule has 0 bridgehead atoms. The summed E-state index contributed by atoms with van der Waals surface area (Å²) < 4.78 is 1.65. The van der Waals surface area contributed by atoms with Crippen LogP contribution in [0.1, 0.15) is 5.82 Å². The van der Waals surface area contributed by atoms with Crippen LogP contribution in [0.5, 0.6) is 0 Å². The van der Waals surface area contributed by atoms with Gasteiger partial charge in [0.15, 0.2) is 16.6 Å². The fourth-order valence-corrected chi connectivity index (χ4v) is 1.87. The molecule has 0 fully saturated rings.